The number of ether oxygens (including phenoxy) is 1. The molecule has 2 atom stereocenters. The fraction of sp³-hybridized carbons (Fsp3) is 0.867. The Kier molecular flexibility index (Phi) is 6.83. The fourth-order valence-electron chi connectivity index (χ4n) is 2.93. The van der Waals surface area contributed by atoms with Crippen LogP contribution in [0.15, 0.2) is 0 Å². The molecule has 6 heteroatoms. The van der Waals surface area contributed by atoms with Crippen molar-refractivity contribution in [1.82, 2.24) is 4.90 Å². The van der Waals surface area contributed by atoms with Gasteiger partial charge in [-0.05, 0) is 37.9 Å². The monoisotopic (exact) mass is 315 g/mol. The zero-order chi connectivity index (χ0) is 15.1. The van der Waals surface area contributed by atoms with E-state index in [1.54, 1.807) is 0 Å². The van der Waals surface area contributed by atoms with E-state index in [2.05, 4.69) is 0 Å². The van der Waals surface area contributed by atoms with Crippen LogP contribution in [0.2, 0.25) is 0 Å². The van der Waals surface area contributed by atoms with E-state index in [4.69, 9.17) is 9.84 Å². The van der Waals surface area contributed by atoms with Crippen molar-refractivity contribution in [2.24, 2.45) is 0 Å². The topological polar surface area (TPSA) is 66.8 Å². The van der Waals surface area contributed by atoms with E-state index >= 15 is 0 Å². The summed E-state index contributed by atoms with van der Waals surface area (Å²) in [5, 5.41) is 8.64. The molecule has 0 aromatic rings. The molecule has 21 heavy (non-hydrogen) atoms. The molecule has 2 unspecified atom stereocenters. The number of amides is 1. The number of rotatable bonds is 8. The summed E-state index contributed by atoms with van der Waals surface area (Å²) in [4.78, 5) is 25.0. The minimum atomic E-state index is -0.786. The van der Waals surface area contributed by atoms with Crippen molar-refractivity contribution >= 4 is 23.6 Å². The van der Waals surface area contributed by atoms with Gasteiger partial charge in [0.1, 0.15) is 0 Å². The normalized spacial score (nSPS) is 25.1. The molecule has 120 valence electrons. The van der Waals surface area contributed by atoms with Crippen molar-refractivity contribution in [2.75, 3.05) is 24.7 Å². The number of nitrogens with zero attached hydrogens (tertiary/aromatic N) is 1. The number of hydrogen-bond donors (Lipinski definition) is 1. The lowest BCUT2D eigenvalue weighted by Crippen LogP contribution is -2.44. The molecule has 2 rings (SSSR count). The number of thioether (sulfide) groups is 1. The van der Waals surface area contributed by atoms with Crippen LogP contribution in [0.1, 0.15) is 44.9 Å². The highest BCUT2D eigenvalue weighted by atomic mass is 32.2. The zero-order valence-corrected chi connectivity index (χ0v) is 13.3. The number of carbonyl (C=O) groups is 2. The smallest absolute Gasteiger partial charge is 0.303 e. The van der Waals surface area contributed by atoms with E-state index < -0.39 is 5.97 Å². The fourth-order valence-corrected chi connectivity index (χ4v) is 4.15. The zero-order valence-electron chi connectivity index (χ0n) is 12.5. The van der Waals surface area contributed by atoms with Crippen molar-refractivity contribution in [3.05, 3.63) is 0 Å². The van der Waals surface area contributed by atoms with Gasteiger partial charge in [-0.1, -0.05) is 0 Å². The van der Waals surface area contributed by atoms with Gasteiger partial charge in [0, 0.05) is 37.8 Å². The van der Waals surface area contributed by atoms with E-state index in [-0.39, 0.29) is 18.4 Å². The average Bonchev–Trinajstić information content (AvgIpc) is 3.12. The minimum absolute atomic E-state index is 0.151. The van der Waals surface area contributed by atoms with Crippen molar-refractivity contribution in [1.29, 1.82) is 0 Å². The van der Waals surface area contributed by atoms with Gasteiger partial charge in [-0.15, -0.1) is 0 Å². The van der Waals surface area contributed by atoms with Gasteiger partial charge < -0.3 is 14.7 Å². The van der Waals surface area contributed by atoms with Gasteiger partial charge in [0.15, 0.2) is 0 Å². The highest BCUT2D eigenvalue weighted by Gasteiger charge is 2.30. The van der Waals surface area contributed by atoms with Crippen LogP contribution in [-0.2, 0) is 14.3 Å². The molecule has 2 saturated heterocycles. The van der Waals surface area contributed by atoms with E-state index in [1.807, 2.05) is 16.7 Å². The summed E-state index contributed by atoms with van der Waals surface area (Å²) in [7, 11) is 0. The highest BCUT2D eigenvalue weighted by molar-refractivity contribution is 7.99. The van der Waals surface area contributed by atoms with Crippen molar-refractivity contribution in [3.8, 4) is 0 Å². The van der Waals surface area contributed by atoms with Crippen LogP contribution in [-0.4, -0.2) is 58.7 Å². The maximum atomic E-state index is 12.5. The Labute approximate surface area is 130 Å². The van der Waals surface area contributed by atoms with Gasteiger partial charge in [-0.2, -0.15) is 11.8 Å². The summed E-state index contributed by atoms with van der Waals surface area (Å²) in [5.41, 5.74) is 0. The van der Waals surface area contributed by atoms with Gasteiger partial charge in [0.2, 0.25) is 5.91 Å². The summed E-state index contributed by atoms with van der Waals surface area (Å²) in [6.07, 6.45) is 5.24. The second-order valence-corrected chi connectivity index (χ2v) is 6.95. The van der Waals surface area contributed by atoms with Gasteiger partial charge in [-0.3, -0.25) is 9.59 Å². The van der Waals surface area contributed by atoms with Crippen LogP contribution >= 0.6 is 11.8 Å². The number of hydrogen-bond acceptors (Lipinski definition) is 4. The first-order chi connectivity index (χ1) is 10.2. The van der Waals surface area contributed by atoms with Crippen LogP contribution in [0.4, 0.5) is 0 Å². The first-order valence-electron chi connectivity index (χ1n) is 7.87. The van der Waals surface area contributed by atoms with Gasteiger partial charge in [0.25, 0.3) is 0 Å². The van der Waals surface area contributed by atoms with Crippen LogP contribution in [0.3, 0.4) is 0 Å². The number of aliphatic carboxylic acids is 1. The van der Waals surface area contributed by atoms with Crippen LogP contribution < -0.4 is 0 Å². The first kappa shape index (κ1) is 16.6. The molecule has 1 amide bonds. The number of carboxylic acid groups (broad SMARTS) is 1. The number of carbonyl (C=O) groups excluding carboxylic acids is 1. The molecule has 0 aromatic heterocycles. The van der Waals surface area contributed by atoms with Gasteiger partial charge >= 0.3 is 5.97 Å². The van der Waals surface area contributed by atoms with Crippen molar-refractivity contribution < 1.29 is 19.4 Å². The molecule has 0 radical (unpaired) electrons. The summed E-state index contributed by atoms with van der Waals surface area (Å²) in [5.74, 6) is 1.53. The Morgan fingerprint density at radius 2 is 2.05 bits per heavy atom. The second kappa shape index (κ2) is 8.63. The Morgan fingerprint density at radius 3 is 2.67 bits per heavy atom. The molecule has 2 heterocycles. The standard InChI is InChI=1S/C15H25NO4S/c17-14(5-1-2-6-15(18)19)16(12-7-9-21-11-12)10-13-4-3-8-20-13/h12-13H,1-11H2,(H,18,19). The number of unbranched alkanes of at least 4 members (excludes halogenated alkanes) is 1. The lowest BCUT2D eigenvalue weighted by atomic mass is 10.1. The molecule has 1 N–H and O–H groups in total. The van der Waals surface area contributed by atoms with E-state index in [0.29, 0.717) is 31.8 Å². The largest absolute Gasteiger partial charge is 0.481 e. The van der Waals surface area contributed by atoms with Crippen molar-refractivity contribution in [3.63, 3.8) is 0 Å². The van der Waals surface area contributed by atoms with Crippen LogP contribution in [0.25, 0.3) is 0 Å². The Morgan fingerprint density at radius 1 is 1.24 bits per heavy atom. The molecule has 0 aromatic carbocycles. The molecular weight excluding hydrogens is 290 g/mol. The van der Waals surface area contributed by atoms with E-state index in [9.17, 15) is 9.59 Å². The third-order valence-corrected chi connectivity index (χ3v) is 5.27. The quantitative estimate of drug-likeness (QED) is 0.695. The molecule has 0 saturated carbocycles. The first-order valence-corrected chi connectivity index (χ1v) is 9.03. The lowest BCUT2D eigenvalue weighted by Gasteiger charge is -2.31. The third-order valence-electron chi connectivity index (χ3n) is 4.12. The molecule has 5 nitrogen and oxygen atoms in total. The van der Waals surface area contributed by atoms with Gasteiger partial charge in [0.05, 0.1) is 6.10 Å². The second-order valence-electron chi connectivity index (χ2n) is 5.80. The van der Waals surface area contributed by atoms with Gasteiger partial charge in [-0.25, -0.2) is 0 Å². The van der Waals surface area contributed by atoms with Crippen molar-refractivity contribution in [2.45, 2.75) is 57.1 Å². The Hall–Kier alpha value is -0.750. The predicted molar refractivity (Wildman–Crippen MR) is 82.5 cm³/mol. The summed E-state index contributed by atoms with van der Waals surface area (Å²) in [6, 6.07) is 0.339. The molecule has 0 aliphatic carbocycles. The molecule has 0 bridgehead atoms. The maximum Gasteiger partial charge on any atom is 0.303 e. The Balaban J connectivity index is 1.81. The molecule has 2 aliphatic heterocycles. The average molecular weight is 315 g/mol. The lowest BCUT2D eigenvalue weighted by molar-refractivity contribution is -0.138. The van der Waals surface area contributed by atoms with E-state index in [1.165, 1.54) is 0 Å². The maximum absolute atomic E-state index is 12.5. The van der Waals surface area contributed by atoms with E-state index in [0.717, 1.165) is 37.4 Å². The summed E-state index contributed by atoms with van der Waals surface area (Å²) >= 11 is 1.91. The van der Waals surface area contributed by atoms with Crippen LogP contribution in [0, 0.1) is 0 Å². The molecule has 2 fully saturated rings. The van der Waals surface area contributed by atoms with Crippen LogP contribution in [0.5, 0.6) is 0 Å². The third kappa shape index (κ3) is 5.51. The highest BCUT2D eigenvalue weighted by Crippen LogP contribution is 2.25. The molecule has 0 spiro atoms. The number of carboxylic acids is 1. The minimum Gasteiger partial charge on any atom is -0.481 e. The molecular formula is C15H25NO4S. The summed E-state index contributed by atoms with van der Waals surface area (Å²) < 4.78 is 5.67. The predicted octanol–water partition coefficient (Wildman–Crippen LogP) is 2.14. The summed E-state index contributed by atoms with van der Waals surface area (Å²) in [6.45, 7) is 1.52. The Bertz CT molecular complexity index is 352. The molecule has 2 aliphatic rings. The SMILES string of the molecule is O=C(O)CCCCC(=O)N(CC1CCCO1)C1CCSC1.